The summed E-state index contributed by atoms with van der Waals surface area (Å²) in [6.07, 6.45) is -4.45. The van der Waals surface area contributed by atoms with E-state index < -0.39 is 11.9 Å². The molecular formula is C9H7F3N2. The quantitative estimate of drug-likeness (QED) is 0.645. The zero-order chi connectivity index (χ0) is 10.9. The molecule has 0 aromatic carbocycles. The van der Waals surface area contributed by atoms with E-state index in [1.54, 1.807) is 0 Å². The Bertz CT molecular complexity index is 378. The van der Waals surface area contributed by atoms with Gasteiger partial charge in [-0.25, -0.2) is 4.98 Å². The summed E-state index contributed by atoms with van der Waals surface area (Å²) in [4.78, 5) is 3.33. The Morgan fingerprint density at radius 3 is 2.29 bits per heavy atom. The number of halogens is 3. The summed E-state index contributed by atoms with van der Waals surface area (Å²) in [6.45, 7) is 2.85. The minimum atomic E-state index is -4.45. The maximum atomic E-state index is 12.2. The molecular weight excluding hydrogens is 193 g/mol. The third-order valence-corrected chi connectivity index (χ3v) is 1.80. The number of alkyl halides is 3. The van der Waals surface area contributed by atoms with E-state index in [9.17, 15) is 13.2 Å². The van der Waals surface area contributed by atoms with Crippen LogP contribution in [0, 0.1) is 25.2 Å². The van der Waals surface area contributed by atoms with Crippen LogP contribution in [-0.4, -0.2) is 4.98 Å². The second-order valence-electron chi connectivity index (χ2n) is 2.89. The monoisotopic (exact) mass is 200 g/mol. The van der Waals surface area contributed by atoms with Gasteiger partial charge in [-0.05, 0) is 25.5 Å². The molecule has 0 spiro atoms. The minimum absolute atomic E-state index is 0.111. The van der Waals surface area contributed by atoms with Crippen LogP contribution in [0.2, 0.25) is 0 Å². The van der Waals surface area contributed by atoms with Gasteiger partial charge in [0.25, 0.3) is 0 Å². The van der Waals surface area contributed by atoms with E-state index in [1.165, 1.54) is 13.8 Å². The third kappa shape index (κ3) is 1.84. The molecule has 1 heterocycles. The first-order valence-electron chi connectivity index (χ1n) is 3.82. The van der Waals surface area contributed by atoms with Crippen LogP contribution in [-0.2, 0) is 6.18 Å². The lowest BCUT2D eigenvalue weighted by atomic mass is 10.1. The molecule has 0 aliphatic heterocycles. The fourth-order valence-corrected chi connectivity index (χ4v) is 1.15. The molecule has 5 heteroatoms. The molecule has 0 aliphatic carbocycles. The van der Waals surface area contributed by atoms with Gasteiger partial charge in [0.15, 0.2) is 0 Å². The Kier molecular flexibility index (Phi) is 2.47. The minimum Gasteiger partial charge on any atom is -0.247 e. The van der Waals surface area contributed by atoms with Crippen LogP contribution in [0.25, 0.3) is 0 Å². The van der Waals surface area contributed by atoms with Crippen LogP contribution in [0.4, 0.5) is 13.2 Å². The average molecular weight is 200 g/mol. The smallest absolute Gasteiger partial charge is 0.247 e. The van der Waals surface area contributed by atoms with Crippen molar-refractivity contribution >= 4 is 0 Å². The predicted molar refractivity (Wildman–Crippen MR) is 43.4 cm³/mol. The predicted octanol–water partition coefficient (Wildman–Crippen LogP) is 2.59. The fraction of sp³-hybridized carbons (Fsp3) is 0.333. The van der Waals surface area contributed by atoms with Crippen molar-refractivity contribution < 1.29 is 13.2 Å². The van der Waals surface area contributed by atoms with E-state index in [4.69, 9.17) is 5.26 Å². The van der Waals surface area contributed by atoms with Crippen molar-refractivity contribution in [2.24, 2.45) is 0 Å². The number of rotatable bonds is 0. The number of aryl methyl sites for hydroxylation is 2. The maximum absolute atomic E-state index is 12.2. The fourth-order valence-electron chi connectivity index (χ4n) is 1.15. The van der Waals surface area contributed by atoms with E-state index in [-0.39, 0.29) is 11.3 Å². The first-order chi connectivity index (χ1) is 6.36. The van der Waals surface area contributed by atoms with Crippen molar-refractivity contribution in [3.8, 4) is 6.07 Å². The van der Waals surface area contributed by atoms with Gasteiger partial charge >= 0.3 is 6.18 Å². The zero-order valence-corrected chi connectivity index (χ0v) is 7.61. The normalized spacial score (nSPS) is 11.1. The van der Waals surface area contributed by atoms with Crippen molar-refractivity contribution in [3.63, 3.8) is 0 Å². The Morgan fingerprint density at radius 2 is 1.93 bits per heavy atom. The molecule has 0 fully saturated rings. The van der Waals surface area contributed by atoms with Crippen LogP contribution in [0.5, 0.6) is 0 Å². The number of aromatic nitrogens is 1. The summed E-state index contributed by atoms with van der Waals surface area (Å²) < 4.78 is 36.7. The summed E-state index contributed by atoms with van der Waals surface area (Å²) in [7, 11) is 0. The Morgan fingerprint density at radius 1 is 1.36 bits per heavy atom. The zero-order valence-electron chi connectivity index (χ0n) is 7.61. The van der Waals surface area contributed by atoms with Gasteiger partial charge in [-0.15, -0.1) is 0 Å². The molecule has 0 saturated heterocycles. The van der Waals surface area contributed by atoms with E-state index in [2.05, 4.69) is 4.98 Å². The molecule has 2 nitrogen and oxygen atoms in total. The Hall–Kier alpha value is -1.57. The van der Waals surface area contributed by atoms with E-state index in [0.717, 1.165) is 6.07 Å². The first-order valence-corrected chi connectivity index (χ1v) is 3.82. The summed E-state index contributed by atoms with van der Waals surface area (Å²) >= 11 is 0. The molecule has 0 bridgehead atoms. The number of nitrogens with zero attached hydrogens (tertiary/aromatic N) is 2. The highest BCUT2D eigenvalue weighted by molar-refractivity contribution is 5.41. The molecule has 1 aromatic rings. The molecule has 74 valence electrons. The second kappa shape index (κ2) is 3.29. The van der Waals surface area contributed by atoms with Crippen molar-refractivity contribution in [1.29, 1.82) is 5.26 Å². The van der Waals surface area contributed by atoms with E-state index in [1.807, 2.05) is 6.07 Å². The van der Waals surface area contributed by atoms with Crippen LogP contribution in [0.15, 0.2) is 6.07 Å². The number of hydrogen-bond donors (Lipinski definition) is 0. The largest absolute Gasteiger partial charge is 0.433 e. The molecule has 1 rings (SSSR count). The van der Waals surface area contributed by atoms with Crippen LogP contribution in [0.1, 0.15) is 22.5 Å². The average Bonchev–Trinajstić information content (AvgIpc) is 2.01. The highest BCUT2D eigenvalue weighted by Crippen LogP contribution is 2.29. The summed E-state index contributed by atoms with van der Waals surface area (Å²) in [5.74, 6) is 0. The Labute approximate surface area is 79.0 Å². The van der Waals surface area contributed by atoms with Gasteiger partial charge in [0.05, 0.1) is 11.3 Å². The number of nitriles is 1. The van der Waals surface area contributed by atoms with Gasteiger partial charge in [-0.2, -0.15) is 18.4 Å². The topological polar surface area (TPSA) is 36.7 Å². The number of pyridine rings is 1. The second-order valence-corrected chi connectivity index (χ2v) is 2.89. The molecule has 0 aliphatic rings. The summed E-state index contributed by atoms with van der Waals surface area (Å²) in [5.41, 5.74) is -0.336. The number of hydrogen-bond acceptors (Lipinski definition) is 2. The molecule has 1 aromatic heterocycles. The lowest BCUT2D eigenvalue weighted by Gasteiger charge is -2.08. The first kappa shape index (κ1) is 10.5. The molecule has 0 atom stereocenters. The van der Waals surface area contributed by atoms with Crippen molar-refractivity contribution in [3.05, 3.63) is 28.6 Å². The van der Waals surface area contributed by atoms with E-state index >= 15 is 0 Å². The van der Waals surface area contributed by atoms with Gasteiger partial charge in [0, 0.05) is 0 Å². The van der Waals surface area contributed by atoms with Crippen LogP contribution in [0.3, 0.4) is 0 Å². The molecule has 0 saturated carbocycles. The van der Waals surface area contributed by atoms with Crippen molar-refractivity contribution in [1.82, 2.24) is 4.98 Å². The SMILES string of the molecule is Cc1cc(C(F)(F)F)nc(C)c1C#N. The van der Waals surface area contributed by atoms with Crippen molar-refractivity contribution in [2.75, 3.05) is 0 Å². The summed E-state index contributed by atoms with van der Waals surface area (Å²) in [5, 5.41) is 8.62. The highest BCUT2D eigenvalue weighted by Gasteiger charge is 2.33. The molecule has 0 N–H and O–H groups in total. The molecule has 0 unspecified atom stereocenters. The third-order valence-electron chi connectivity index (χ3n) is 1.80. The maximum Gasteiger partial charge on any atom is 0.433 e. The summed E-state index contributed by atoms with van der Waals surface area (Å²) in [6, 6.07) is 2.69. The highest BCUT2D eigenvalue weighted by atomic mass is 19.4. The van der Waals surface area contributed by atoms with E-state index in [0.29, 0.717) is 5.56 Å². The van der Waals surface area contributed by atoms with Gasteiger partial charge < -0.3 is 0 Å². The van der Waals surface area contributed by atoms with Crippen LogP contribution >= 0.6 is 0 Å². The van der Waals surface area contributed by atoms with Gasteiger partial charge in [-0.1, -0.05) is 0 Å². The lowest BCUT2D eigenvalue weighted by molar-refractivity contribution is -0.141. The molecule has 0 radical (unpaired) electrons. The molecule has 0 amide bonds. The Balaban J connectivity index is 3.37. The van der Waals surface area contributed by atoms with Gasteiger partial charge in [0.1, 0.15) is 11.8 Å². The standard InChI is InChI=1S/C9H7F3N2/c1-5-3-8(9(10,11)12)14-6(2)7(5)4-13/h3H,1-2H3. The van der Waals surface area contributed by atoms with Gasteiger partial charge in [0.2, 0.25) is 0 Å². The molecule has 14 heavy (non-hydrogen) atoms. The van der Waals surface area contributed by atoms with Gasteiger partial charge in [-0.3, -0.25) is 0 Å². The lowest BCUT2D eigenvalue weighted by Crippen LogP contribution is -2.10. The van der Waals surface area contributed by atoms with Crippen LogP contribution < -0.4 is 0 Å². The van der Waals surface area contributed by atoms with Crippen molar-refractivity contribution in [2.45, 2.75) is 20.0 Å².